The predicted octanol–water partition coefficient (Wildman–Crippen LogP) is 2.57. The molecule has 0 bridgehead atoms. The third-order valence-corrected chi connectivity index (χ3v) is 2.65. The average Bonchev–Trinajstić information content (AvgIpc) is 2.28. The molecule has 0 heterocycles. The summed E-state index contributed by atoms with van der Waals surface area (Å²) in [6, 6.07) is 5.04. The molecule has 0 spiro atoms. The number of carbonyl (C=O) groups is 1. The molecule has 0 fully saturated rings. The molecule has 1 amide bonds. The molecule has 88 valence electrons. The van der Waals surface area contributed by atoms with Gasteiger partial charge in [-0.1, -0.05) is 19.4 Å². The van der Waals surface area contributed by atoms with Gasteiger partial charge in [-0.25, -0.2) is 0 Å². The normalized spacial score (nSPS) is 10.2. The molecule has 0 radical (unpaired) electrons. The van der Waals surface area contributed by atoms with Crippen LogP contribution < -0.4 is 0 Å². The van der Waals surface area contributed by atoms with E-state index in [1.165, 1.54) is 6.07 Å². The largest absolute Gasteiger partial charge is 0.508 e. The Bertz CT molecular complexity index is 374. The maximum atomic E-state index is 11.9. The van der Waals surface area contributed by atoms with Crippen LogP contribution in [0.3, 0.4) is 0 Å². The van der Waals surface area contributed by atoms with Crippen LogP contribution in [0.1, 0.15) is 35.7 Å². The fourth-order valence-corrected chi connectivity index (χ4v) is 1.46. The number of nitrogens with zero attached hydrogens (tertiary/aromatic N) is 1. The topological polar surface area (TPSA) is 40.5 Å². The number of benzene rings is 1. The van der Waals surface area contributed by atoms with Crippen LogP contribution in [0.2, 0.25) is 0 Å². The highest BCUT2D eigenvalue weighted by atomic mass is 16.3. The maximum Gasteiger partial charge on any atom is 0.253 e. The number of hydrogen-bond acceptors (Lipinski definition) is 2. The van der Waals surface area contributed by atoms with Gasteiger partial charge in [-0.2, -0.15) is 0 Å². The van der Waals surface area contributed by atoms with Crippen molar-refractivity contribution in [2.45, 2.75) is 26.7 Å². The van der Waals surface area contributed by atoms with Gasteiger partial charge in [0.05, 0.1) is 0 Å². The van der Waals surface area contributed by atoms with Crippen LogP contribution in [-0.2, 0) is 0 Å². The lowest BCUT2D eigenvalue weighted by molar-refractivity contribution is 0.0793. The van der Waals surface area contributed by atoms with E-state index in [1.54, 1.807) is 24.1 Å². The average molecular weight is 221 g/mol. The molecule has 1 aromatic rings. The highest BCUT2D eigenvalue weighted by molar-refractivity contribution is 5.94. The Hall–Kier alpha value is -1.51. The van der Waals surface area contributed by atoms with E-state index in [-0.39, 0.29) is 11.7 Å². The van der Waals surface area contributed by atoms with Gasteiger partial charge in [0, 0.05) is 19.2 Å². The first-order chi connectivity index (χ1) is 7.56. The molecule has 0 aromatic heterocycles. The Kier molecular flexibility index (Phi) is 4.35. The van der Waals surface area contributed by atoms with E-state index >= 15 is 0 Å². The Labute approximate surface area is 96.7 Å². The highest BCUT2D eigenvalue weighted by Crippen LogP contribution is 2.18. The second-order valence-corrected chi connectivity index (χ2v) is 4.08. The van der Waals surface area contributed by atoms with Crippen LogP contribution in [0, 0.1) is 6.92 Å². The molecule has 0 aliphatic rings. The van der Waals surface area contributed by atoms with E-state index in [4.69, 9.17) is 0 Å². The Morgan fingerprint density at radius 2 is 2.12 bits per heavy atom. The van der Waals surface area contributed by atoms with Crippen LogP contribution in [0.5, 0.6) is 5.75 Å². The molecule has 1 N–H and O–H groups in total. The Morgan fingerprint density at radius 1 is 1.44 bits per heavy atom. The third kappa shape index (κ3) is 2.99. The Balaban J connectivity index is 2.76. The van der Waals surface area contributed by atoms with Crippen molar-refractivity contribution in [2.24, 2.45) is 0 Å². The van der Waals surface area contributed by atoms with Crippen molar-refractivity contribution in [3.8, 4) is 5.75 Å². The zero-order chi connectivity index (χ0) is 12.1. The number of rotatable bonds is 4. The van der Waals surface area contributed by atoms with Gasteiger partial charge in [-0.15, -0.1) is 0 Å². The highest BCUT2D eigenvalue weighted by Gasteiger charge is 2.12. The first-order valence-electron chi connectivity index (χ1n) is 5.61. The Morgan fingerprint density at radius 3 is 2.69 bits per heavy atom. The molecule has 3 heteroatoms. The first kappa shape index (κ1) is 12.6. The summed E-state index contributed by atoms with van der Waals surface area (Å²) in [6.07, 6.45) is 2.07. The van der Waals surface area contributed by atoms with Crippen molar-refractivity contribution in [3.63, 3.8) is 0 Å². The summed E-state index contributed by atoms with van der Waals surface area (Å²) in [4.78, 5) is 13.6. The number of hydrogen-bond donors (Lipinski definition) is 1. The SMILES string of the molecule is CCCCN(C)C(=O)c1ccc(C)c(O)c1. The number of amides is 1. The number of phenolic OH excluding ortho intramolecular Hbond substituents is 1. The zero-order valence-electron chi connectivity index (χ0n) is 10.2. The van der Waals surface area contributed by atoms with Gasteiger partial charge in [0.25, 0.3) is 5.91 Å². The molecule has 0 saturated heterocycles. The molecule has 3 nitrogen and oxygen atoms in total. The third-order valence-electron chi connectivity index (χ3n) is 2.65. The molecule has 0 aliphatic heterocycles. The van der Waals surface area contributed by atoms with E-state index in [0.717, 1.165) is 24.9 Å². The van der Waals surface area contributed by atoms with E-state index in [9.17, 15) is 9.90 Å². The number of phenols is 1. The first-order valence-corrected chi connectivity index (χ1v) is 5.61. The molecule has 0 aliphatic carbocycles. The van der Waals surface area contributed by atoms with Gasteiger partial charge >= 0.3 is 0 Å². The fraction of sp³-hybridized carbons (Fsp3) is 0.462. The van der Waals surface area contributed by atoms with Crippen LogP contribution in [0.25, 0.3) is 0 Å². The minimum absolute atomic E-state index is 0.0382. The maximum absolute atomic E-state index is 11.9. The molecular weight excluding hydrogens is 202 g/mol. The second-order valence-electron chi connectivity index (χ2n) is 4.08. The van der Waals surface area contributed by atoms with E-state index < -0.39 is 0 Å². The van der Waals surface area contributed by atoms with Crippen LogP contribution in [0.15, 0.2) is 18.2 Å². The van der Waals surface area contributed by atoms with Crippen molar-refractivity contribution < 1.29 is 9.90 Å². The van der Waals surface area contributed by atoms with Crippen LogP contribution in [0.4, 0.5) is 0 Å². The molecule has 0 atom stereocenters. The molecule has 0 saturated carbocycles. The minimum Gasteiger partial charge on any atom is -0.508 e. The van der Waals surface area contributed by atoms with Gasteiger partial charge < -0.3 is 10.0 Å². The van der Waals surface area contributed by atoms with Crippen molar-refractivity contribution >= 4 is 5.91 Å². The summed E-state index contributed by atoms with van der Waals surface area (Å²) in [6.45, 7) is 4.66. The molecule has 0 unspecified atom stereocenters. The summed E-state index contributed by atoms with van der Waals surface area (Å²) in [5.41, 5.74) is 1.33. The quantitative estimate of drug-likeness (QED) is 0.849. The molecular formula is C13H19NO2. The lowest BCUT2D eigenvalue weighted by Crippen LogP contribution is -2.27. The van der Waals surface area contributed by atoms with Crippen LogP contribution >= 0.6 is 0 Å². The summed E-state index contributed by atoms with van der Waals surface area (Å²) < 4.78 is 0. The number of aryl methyl sites for hydroxylation is 1. The van der Waals surface area contributed by atoms with Crippen molar-refractivity contribution in [2.75, 3.05) is 13.6 Å². The fourth-order valence-electron chi connectivity index (χ4n) is 1.46. The van der Waals surface area contributed by atoms with Crippen molar-refractivity contribution in [1.82, 2.24) is 4.90 Å². The van der Waals surface area contributed by atoms with Crippen molar-refractivity contribution in [3.05, 3.63) is 29.3 Å². The number of carbonyl (C=O) groups excluding carboxylic acids is 1. The van der Waals surface area contributed by atoms with Gasteiger partial charge in [-0.3, -0.25) is 4.79 Å². The summed E-state index contributed by atoms with van der Waals surface area (Å²) in [5.74, 6) is 0.137. The number of aromatic hydroxyl groups is 1. The van der Waals surface area contributed by atoms with Gasteiger partial charge in [0.2, 0.25) is 0 Å². The summed E-state index contributed by atoms with van der Waals surface area (Å²) in [7, 11) is 1.79. The second kappa shape index (κ2) is 5.54. The molecule has 1 rings (SSSR count). The van der Waals surface area contributed by atoms with Crippen LogP contribution in [-0.4, -0.2) is 29.5 Å². The van der Waals surface area contributed by atoms with E-state index in [0.29, 0.717) is 5.56 Å². The number of unbranched alkanes of at least 4 members (excludes halogenated alkanes) is 1. The van der Waals surface area contributed by atoms with E-state index in [1.807, 2.05) is 6.92 Å². The van der Waals surface area contributed by atoms with Gasteiger partial charge in [0.15, 0.2) is 0 Å². The molecule has 16 heavy (non-hydrogen) atoms. The lowest BCUT2D eigenvalue weighted by atomic mass is 10.1. The van der Waals surface area contributed by atoms with Gasteiger partial charge in [-0.05, 0) is 31.0 Å². The lowest BCUT2D eigenvalue weighted by Gasteiger charge is -2.17. The van der Waals surface area contributed by atoms with Gasteiger partial charge in [0.1, 0.15) is 5.75 Å². The summed E-state index contributed by atoms with van der Waals surface area (Å²) >= 11 is 0. The summed E-state index contributed by atoms with van der Waals surface area (Å²) in [5, 5.41) is 9.54. The smallest absolute Gasteiger partial charge is 0.253 e. The minimum atomic E-state index is -0.0382. The zero-order valence-corrected chi connectivity index (χ0v) is 10.2. The predicted molar refractivity (Wildman–Crippen MR) is 64.7 cm³/mol. The standard InChI is InChI=1S/C13H19NO2/c1-4-5-8-14(3)13(16)11-7-6-10(2)12(15)9-11/h6-7,9,15H,4-5,8H2,1-3H3. The molecule has 1 aromatic carbocycles. The van der Waals surface area contributed by atoms with E-state index in [2.05, 4.69) is 6.92 Å². The monoisotopic (exact) mass is 221 g/mol. The van der Waals surface area contributed by atoms with Crippen molar-refractivity contribution in [1.29, 1.82) is 0 Å².